The minimum Gasteiger partial charge on any atom is -0.355 e. The van der Waals surface area contributed by atoms with Crippen LogP contribution in [0.25, 0.3) is 0 Å². The monoisotopic (exact) mass is 355 g/mol. The van der Waals surface area contributed by atoms with E-state index in [0.29, 0.717) is 29.0 Å². The maximum atomic E-state index is 11.5. The van der Waals surface area contributed by atoms with Crippen LogP contribution in [0.1, 0.15) is 18.4 Å². The van der Waals surface area contributed by atoms with Crippen molar-refractivity contribution in [3.8, 4) is 6.07 Å². The summed E-state index contributed by atoms with van der Waals surface area (Å²) in [6, 6.07) is 2.14. The molecule has 0 spiro atoms. The highest BCUT2D eigenvalue weighted by Crippen LogP contribution is 2.26. The minimum atomic E-state index is -3.13. The fraction of sp³-hybridized carbons (Fsp3) is 0.643. The number of hydrogen-bond acceptors (Lipinski definition) is 7. The van der Waals surface area contributed by atoms with Crippen molar-refractivity contribution in [2.45, 2.75) is 18.0 Å². The van der Waals surface area contributed by atoms with E-state index in [1.54, 1.807) is 13.2 Å². The van der Waals surface area contributed by atoms with Gasteiger partial charge in [0.05, 0.1) is 12.5 Å². The standard InChI is InChI=1S/C14H21N5O2S2/c1-18(23(3,20)21)10-11-4-6-19(7-5-11)13-12(8-15)9-16-14(17-13)22-2/h9,11H,4-7,10H2,1-3H3. The predicted octanol–water partition coefficient (Wildman–Crippen LogP) is 1.18. The first-order valence-corrected chi connectivity index (χ1v) is 10.4. The largest absolute Gasteiger partial charge is 0.355 e. The second-order valence-corrected chi connectivity index (χ2v) is 8.54. The molecule has 0 atom stereocenters. The van der Waals surface area contributed by atoms with Crippen LogP contribution in [0.2, 0.25) is 0 Å². The van der Waals surface area contributed by atoms with E-state index in [9.17, 15) is 13.7 Å². The van der Waals surface area contributed by atoms with Crippen molar-refractivity contribution in [1.29, 1.82) is 5.26 Å². The molecular formula is C14H21N5O2S2. The van der Waals surface area contributed by atoms with Crippen LogP contribution in [-0.2, 0) is 10.0 Å². The lowest BCUT2D eigenvalue weighted by Gasteiger charge is -2.34. The number of nitrogens with zero attached hydrogens (tertiary/aromatic N) is 5. The maximum Gasteiger partial charge on any atom is 0.210 e. The number of hydrogen-bond donors (Lipinski definition) is 0. The molecule has 0 N–H and O–H groups in total. The Kier molecular flexibility index (Phi) is 5.84. The van der Waals surface area contributed by atoms with Crippen LogP contribution in [0.15, 0.2) is 11.4 Å². The van der Waals surface area contributed by atoms with Gasteiger partial charge in [0.25, 0.3) is 0 Å². The summed E-state index contributed by atoms with van der Waals surface area (Å²) in [5, 5.41) is 9.89. The van der Waals surface area contributed by atoms with Crippen LogP contribution in [0.4, 0.5) is 5.82 Å². The highest BCUT2D eigenvalue weighted by Gasteiger charge is 2.25. The highest BCUT2D eigenvalue weighted by molar-refractivity contribution is 7.98. The molecule has 1 aromatic heterocycles. The second kappa shape index (κ2) is 7.47. The Balaban J connectivity index is 2.04. The molecule has 0 amide bonds. The molecule has 0 radical (unpaired) electrons. The topological polar surface area (TPSA) is 90.2 Å². The number of rotatable bonds is 5. The Bertz CT molecular complexity index is 694. The van der Waals surface area contributed by atoms with E-state index in [1.165, 1.54) is 22.3 Å². The van der Waals surface area contributed by atoms with Gasteiger partial charge >= 0.3 is 0 Å². The Morgan fingerprint density at radius 2 is 2.13 bits per heavy atom. The number of anilines is 1. The Labute approximate surface area is 141 Å². The smallest absolute Gasteiger partial charge is 0.210 e. The molecule has 0 unspecified atom stereocenters. The van der Waals surface area contributed by atoms with E-state index in [1.807, 2.05) is 6.26 Å². The van der Waals surface area contributed by atoms with Crippen molar-refractivity contribution in [3.63, 3.8) is 0 Å². The molecule has 0 aromatic carbocycles. The fourth-order valence-corrected chi connectivity index (χ4v) is 3.42. The van der Waals surface area contributed by atoms with E-state index < -0.39 is 10.0 Å². The van der Waals surface area contributed by atoms with Gasteiger partial charge in [-0.05, 0) is 25.0 Å². The van der Waals surface area contributed by atoms with Gasteiger partial charge in [-0.3, -0.25) is 0 Å². The van der Waals surface area contributed by atoms with E-state index in [0.717, 1.165) is 25.9 Å². The van der Waals surface area contributed by atoms with E-state index in [4.69, 9.17) is 0 Å². The molecule has 1 aromatic rings. The van der Waals surface area contributed by atoms with Gasteiger partial charge in [-0.25, -0.2) is 22.7 Å². The summed E-state index contributed by atoms with van der Waals surface area (Å²) in [4.78, 5) is 10.7. The third-order valence-electron chi connectivity index (χ3n) is 4.05. The lowest BCUT2D eigenvalue weighted by atomic mass is 9.96. The summed E-state index contributed by atoms with van der Waals surface area (Å²) in [5.74, 6) is 1.01. The quantitative estimate of drug-likeness (QED) is 0.578. The van der Waals surface area contributed by atoms with Crippen molar-refractivity contribution < 1.29 is 8.42 Å². The Morgan fingerprint density at radius 3 is 2.65 bits per heavy atom. The zero-order valence-electron chi connectivity index (χ0n) is 13.6. The summed E-state index contributed by atoms with van der Waals surface area (Å²) in [5.41, 5.74) is 0.481. The molecule has 0 bridgehead atoms. The van der Waals surface area contributed by atoms with E-state index in [2.05, 4.69) is 20.9 Å². The highest BCUT2D eigenvalue weighted by atomic mass is 32.2. The minimum absolute atomic E-state index is 0.332. The van der Waals surface area contributed by atoms with Crippen molar-refractivity contribution in [2.24, 2.45) is 5.92 Å². The third kappa shape index (κ3) is 4.56. The Hall–Kier alpha value is -1.37. The van der Waals surface area contributed by atoms with Gasteiger partial charge < -0.3 is 4.90 Å². The SMILES string of the molecule is CSc1ncc(C#N)c(N2CCC(CN(C)S(C)(=O)=O)CC2)n1. The third-order valence-corrected chi connectivity index (χ3v) is 5.89. The number of aromatic nitrogens is 2. The summed E-state index contributed by atoms with van der Waals surface area (Å²) in [6.07, 6.45) is 6.45. The van der Waals surface area contributed by atoms with E-state index >= 15 is 0 Å². The Morgan fingerprint density at radius 1 is 1.48 bits per heavy atom. The molecule has 0 aliphatic carbocycles. The van der Waals surface area contributed by atoms with Gasteiger partial charge in [0, 0.05) is 26.7 Å². The van der Waals surface area contributed by atoms with Gasteiger partial charge in [0.15, 0.2) is 11.0 Å². The lowest BCUT2D eigenvalue weighted by Crippen LogP contribution is -2.39. The van der Waals surface area contributed by atoms with Gasteiger partial charge in [0.1, 0.15) is 11.6 Å². The average molecular weight is 355 g/mol. The molecule has 23 heavy (non-hydrogen) atoms. The average Bonchev–Trinajstić information content (AvgIpc) is 2.54. The normalized spacial score (nSPS) is 16.6. The summed E-state index contributed by atoms with van der Waals surface area (Å²) in [7, 11) is -1.52. The molecule has 126 valence electrons. The molecule has 7 nitrogen and oxygen atoms in total. The summed E-state index contributed by atoms with van der Waals surface area (Å²) < 4.78 is 24.4. The van der Waals surface area contributed by atoms with Crippen molar-refractivity contribution in [1.82, 2.24) is 14.3 Å². The molecule has 1 aliphatic heterocycles. The maximum absolute atomic E-state index is 11.5. The lowest BCUT2D eigenvalue weighted by molar-refractivity contribution is 0.328. The fourth-order valence-electron chi connectivity index (χ4n) is 2.60. The van der Waals surface area contributed by atoms with E-state index in [-0.39, 0.29) is 0 Å². The van der Waals surface area contributed by atoms with Crippen LogP contribution >= 0.6 is 11.8 Å². The van der Waals surface area contributed by atoms with Crippen molar-refractivity contribution in [3.05, 3.63) is 11.8 Å². The first kappa shape index (κ1) is 18.0. The summed E-state index contributed by atoms with van der Waals surface area (Å²) >= 11 is 1.45. The zero-order chi connectivity index (χ0) is 17.0. The van der Waals surface area contributed by atoms with Gasteiger partial charge in [0.2, 0.25) is 10.0 Å². The van der Waals surface area contributed by atoms with Crippen LogP contribution in [0.3, 0.4) is 0 Å². The number of thioether (sulfide) groups is 1. The molecule has 0 saturated carbocycles. The van der Waals surface area contributed by atoms with Crippen molar-refractivity contribution >= 4 is 27.6 Å². The molecular weight excluding hydrogens is 334 g/mol. The number of sulfonamides is 1. The van der Waals surface area contributed by atoms with Crippen LogP contribution < -0.4 is 4.90 Å². The van der Waals surface area contributed by atoms with Crippen LogP contribution in [-0.4, -0.2) is 61.9 Å². The number of piperidine rings is 1. The summed E-state index contributed by atoms with van der Waals surface area (Å²) in [6.45, 7) is 2.07. The molecule has 1 fully saturated rings. The number of nitriles is 1. The zero-order valence-corrected chi connectivity index (χ0v) is 15.2. The van der Waals surface area contributed by atoms with Crippen LogP contribution in [0, 0.1) is 17.2 Å². The first-order valence-electron chi connectivity index (χ1n) is 7.32. The van der Waals surface area contributed by atoms with Gasteiger partial charge in [-0.1, -0.05) is 11.8 Å². The molecule has 1 saturated heterocycles. The second-order valence-electron chi connectivity index (χ2n) is 5.68. The van der Waals surface area contributed by atoms with Crippen molar-refractivity contribution in [2.75, 3.05) is 44.1 Å². The molecule has 1 aliphatic rings. The molecule has 9 heteroatoms. The predicted molar refractivity (Wildman–Crippen MR) is 90.9 cm³/mol. The first-order chi connectivity index (χ1) is 10.8. The molecule has 2 rings (SSSR count). The van der Waals surface area contributed by atoms with Gasteiger partial charge in [-0.15, -0.1) is 0 Å². The van der Waals surface area contributed by atoms with Gasteiger partial charge in [-0.2, -0.15) is 5.26 Å². The van der Waals surface area contributed by atoms with Crippen LogP contribution in [0.5, 0.6) is 0 Å². The molecule has 2 heterocycles.